The van der Waals surface area contributed by atoms with E-state index in [1.165, 1.54) is 17.7 Å². The SMILES string of the molecule is CC(C)(C)OC(=O)N1C[C@H]2CCNc3c(-c4ccc(F)cc4)cccc3[C@@H]2C1. The van der Waals surface area contributed by atoms with Crippen molar-refractivity contribution in [3.63, 3.8) is 0 Å². The standard InChI is InChI=1S/C23H27FN2O2/c1-23(2,3)28-22(27)26-13-16-11-12-25-21-18(15-7-9-17(24)10-8-15)5-4-6-19(21)20(16)14-26/h4-10,16,20,25H,11-14H2,1-3H3/t16-,20-/m1/s1. The number of hydrogen-bond donors (Lipinski definition) is 1. The average molecular weight is 382 g/mol. The van der Waals surface area contributed by atoms with Crippen LogP contribution in [0.25, 0.3) is 11.1 Å². The Morgan fingerprint density at radius 1 is 1.14 bits per heavy atom. The maximum atomic E-state index is 13.4. The Kier molecular flexibility index (Phi) is 4.77. The van der Waals surface area contributed by atoms with Crippen molar-refractivity contribution in [3.8, 4) is 11.1 Å². The van der Waals surface area contributed by atoms with Crippen molar-refractivity contribution in [1.82, 2.24) is 4.90 Å². The minimum atomic E-state index is -0.489. The van der Waals surface area contributed by atoms with Crippen LogP contribution in [-0.2, 0) is 4.74 Å². The minimum absolute atomic E-state index is 0.232. The smallest absolute Gasteiger partial charge is 0.410 e. The zero-order chi connectivity index (χ0) is 19.9. The quantitative estimate of drug-likeness (QED) is 0.732. The lowest BCUT2D eigenvalue weighted by molar-refractivity contribution is 0.0286. The number of nitrogens with one attached hydrogen (secondary N) is 1. The first-order valence-electron chi connectivity index (χ1n) is 9.92. The Morgan fingerprint density at radius 2 is 1.89 bits per heavy atom. The van der Waals surface area contributed by atoms with E-state index in [1.807, 2.05) is 37.8 Å². The molecule has 28 heavy (non-hydrogen) atoms. The molecule has 4 nitrogen and oxygen atoms in total. The number of rotatable bonds is 1. The van der Waals surface area contributed by atoms with Gasteiger partial charge in [-0.1, -0.05) is 30.3 Å². The lowest BCUT2D eigenvalue weighted by atomic mass is 9.85. The van der Waals surface area contributed by atoms with E-state index in [0.29, 0.717) is 12.5 Å². The third-order valence-electron chi connectivity index (χ3n) is 5.56. The molecule has 0 saturated carbocycles. The largest absolute Gasteiger partial charge is 0.444 e. The molecule has 1 N–H and O–H groups in total. The second-order valence-electron chi connectivity index (χ2n) is 8.74. The fraction of sp³-hybridized carbons (Fsp3) is 0.435. The van der Waals surface area contributed by atoms with Crippen molar-refractivity contribution >= 4 is 11.8 Å². The second kappa shape index (κ2) is 7.12. The summed E-state index contributed by atoms with van der Waals surface area (Å²) in [6.07, 6.45) is 0.770. The van der Waals surface area contributed by atoms with E-state index >= 15 is 0 Å². The van der Waals surface area contributed by atoms with Crippen LogP contribution in [0.5, 0.6) is 0 Å². The van der Waals surface area contributed by atoms with E-state index in [1.54, 1.807) is 0 Å². The summed E-state index contributed by atoms with van der Waals surface area (Å²) >= 11 is 0. The summed E-state index contributed by atoms with van der Waals surface area (Å²) in [5.41, 5.74) is 3.92. The molecule has 0 aromatic heterocycles. The van der Waals surface area contributed by atoms with Crippen molar-refractivity contribution in [1.29, 1.82) is 0 Å². The maximum absolute atomic E-state index is 13.4. The maximum Gasteiger partial charge on any atom is 0.410 e. The topological polar surface area (TPSA) is 41.6 Å². The molecule has 2 aliphatic rings. The van der Waals surface area contributed by atoms with Crippen molar-refractivity contribution in [2.24, 2.45) is 5.92 Å². The highest BCUT2D eigenvalue weighted by Crippen LogP contribution is 2.44. The predicted octanol–water partition coefficient (Wildman–Crippen LogP) is 5.26. The van der Waals surface area contributed by atoms with Crippen LogP contribution in [0.2, 0.25) is 0 Å². The van der Waals surface area contributed by atoms with Crippen LogP contribution in [0.15, 0.2) is 42.5 Å². The van der Waals surface area contributed by atoms with E-state index in [2.05, 4.69) is 23.5 Å². The van der Waals surface area contributed by atoms with Crippen LogP contribution >= 0.6 is 0 Å². The van der Waals surface area contributed by atoms with Crippen LogP contribution in [0, 0.1) is 11.7 Å². The summed E-state index contributed by atoms with van der Waals surface area (Å²) in [4.78, 5) is 14.4. The number of nitrogens with zero attached hydrogens (tertiary/aromatic N) is 1. The Labute approximate surface area is 165 Å². The molecule has 5 heteroatoms. The van der Waals surface area contributed by atoms with Gasteiger partial charge in [-0.3, -0.25) is 0 Å². The van der Waals surface area contributed by atoms with Gasteiger partial charge in [-0.05, 0) is 56.4 Å². The number of benzene rings is 2. The highest BCUT2D eigenvalue weighted by molar-refractivity contribution is 5.81. The number of carbonyl (C=O) groups excluding carboxylic acids is 1. The lowest BCUT2D eigenvalue weighted by Crippen LogP contribution is -2.35. The number of carbonyl (C=O) groups is 1. The first-order chi connectivity index (χ1) is 13.3. The Balaban J connectivity index is 1.65. The first-order valence-corrected chi connectivity index (χ1v) is 9.92. The lowest BCUT2D eigenvalue weighted by Gasteiger charge is -2.25. The molecule has 4 rings (SSSR count). The molecule has 1 amide bonds. The molecule has 0 bridgehead atoms. The number of para-hydroxylation sites is 1. The number of hydrogen-bond acceptors (Lipinski definition) is 3. The molecule has 2 heterocycles. The molecule has 148 valence electrons. The molecular formula is C23H27FN2O2. The van der Waals surface area contributed by atoms with Gasteiger partial charge < -0.3 is 15.0 Å². The van der Waals surface area contributed by atoms with Crippen molar-refractivity contribution in [3.05, 3.63) is 53.8 Å². The van der Waals surface area contributed by atoms with Crippen LogP contribution in [0.1, 0.15) is 38.7 Å². The van der Waals surface area contributed by atoms with Gasteiger partial charge in [0.05, 0.1) is 0 Å². The van der Waals surface area contributed by atoms with Crippen LogP contribution in [0.4, 0.5) is 14.9 Å². The van der Waals surface area contributed by atoms with E-state index in [4.69, 9.17) is 4.74 Å². The average Bonchev–Trinajstić information content (AvgIpc) is 2.98. The number of amides is 1. The number of anilines is 1. The number of fused-ring (bicyclic) bond motifs is 3. The third-order valence-corrected chi connectivity index (χ3v) is 5.56. The third kappa shape index (κ3) is 3.71. The molecular weight excluding hydrogens is 355 g/mol. The van der Waals surface area contributed by atoms with Crippen molar-refractivity contribution < 1.29 is 13.9 Å². The minimum Gasteiger partial charge on any atom is -0.444 e. The molecule has 0 radical (unpaired) electrons. The monoisotopic (exact) mass is 382 g/mol. The fourth-order valence-electron chi connectivity index (χ4n) is 4.32. The number of ether oxygens (including phenoxy) is 1. The molecule has 2 aliphatic heterocycles. The van der Waals surface area contributed by atoms with Gasteiger partial charge in [0.15, 0.2) is 0 Å². The number of likely N-dealkylation sites (tertiary alicyclic amines) is 1. The summed E-state index contributed by atoms with van der Waals surface area (Å²) < 4.78 is 18.9. The normalized spacial score (nSPS) is 21.4. The highest BCUT2D eigenvalue weighted by Gasteiger charge is 2.40. The zero-order valence-electron chi connectivity index (χ0n) is 16.7. The van der Waals surface area contributed by atoms with E-state index < -0.39 is 5.60 Å². The molecule has 1 saturated heterocycles. The van der Waals surface area contributed by atoms with Gasteiger partial charge in [0, 0.05) is 36.8 Å². The Bertz CT molecular complexity index is 873. The van der Waals surface area contributed by atoms with E-state index in [-0.39, 0.29) is 17.8 Å². The summed E-state index contributed by atoms with van der Waals surface area (Å²) in [5, 5.41) is 3.59. The molecule has 1 fully saturated rings. The van der Waals surface area contributed by atoms with Gasteiger partial charge >= 0.3 is 6.09 Å². The van der Waals surface area contributed by atoms with Gasteiger partial charge in [-0.15, -0.1) is 0 Å². The van der Waals surface area contributed by atoms with Crippen LogP contribution in [-0.4, -0.2) is 36.2 Å². The van der Waals surface area contributed by atoms with E-state index in [0.717, 1.165) is 36.3 Å². The zero-order valence-corrected chi connectivity index (χ0v) is 16.7. The van der Waals surface area contributed by atoms with Gasteiger partial charge in [0.1, 0.15) is 11.4 Å². The first kappa shape index (κ1) is 18.8. The molecule has 0 spiro atoms. The summed E-state index contributed by atoms with van der Waals surface area (Å²) in [6.45, 7) is 7.94. The van der Waals surface area contributed by atoms with Gasteiger partial charge in [-0.25, -0.2) is 9.18 Å². The molecule has 0 unspecified atom stereocenters. The van der Waals surface area contributed by atoms with Gasteiger partial charge in [-0.2, -0.15) is 0 Å². The van der Waals surface area contributed by atoms with Crippen molar-refractivity contribution in [2.45, 2.75) is 38.7 Å². The molecule has 2 aromatic carbocycles. The predicted molar refractivity (Wildman–Crippen MR) is 109 cm³/mol. The Morgan fingerprint density at radius 3 is 2.61 bits per heavy atom. The Hall–Kier alpha value is -2.56. The van der Waals surface area contributed by atoms with Crippen molar-refractivity contribution in [2.75, 3.05) is 25.0 Å². The van der Waals surface area contributed by atoms with Crippen LogP contribution in [0.3, 0.4) is 0 Å². The van der Waals surface area contributed by atoms with Gasteiger partial charge in [0.25, 0.3) is 0 Å². The second-order valence-corrected chi connectivity index (χ2v) is 8.74. The molecule has 2 atom stereocenters. The van der Waals surface area contributed by atoms with E-state index in [9.17, 15) is 9.18 Å². The highest BCUT2D eigenvalue weighted by atomic mass is 19.1. The molecule has 2 aromatic rings. The summed E-state index contributed by atoms with van der Waals surface area (Å²) in [6, 6.07) is 12.9. The summed E-state index contributed by atoms with van der Waals surface area (Å²) in [5.74, 6) is 0.449. The van der Waals surface area contributed by atoms with Crippen LogP contribution < -0.4 is 5.32 Å². The van der Waals surface area contributed by atoms with Gasteiger partial charge in [0.2, 0.25) is 0 Å². The fourth-order valence-corrected chi connectivity index (χ4v) is 4.32. The number of halogens is 1. The molecule has 0 aliphatic carbocycles. The summed E-state index contributed by atoms with van der Waals surface area (Å²) in [7, 11) is 0.